The van der Waals surface area contributed by atoms with Crippen LogP contribution in [0.3, 0.4) is 0 Å². The zero-order valence-electron chi connectivity index (χ0n) is 13.1. The van der Waals surface area contributed by atoms with E-state index in [9.17, 15) is 0 Å². The van der Waals surface area contributed by atoms with Gasteiger partial charge in [-0.2, -0.15) is 0 Å². The van der Waals surface area contributed by atoms with Crippen LogP contribution < -0.4 is 10.5 Å². The van der Waals surface area contributed by atoms with E-state index in [1.165, 1.54) is 11.1 Å². The molecule has 0 heterocycles. The van der Waals surface area contributed by atoms with Crippen molar-refractivity contribution in [3.63, 3.8) is 0 Å². The quantitative estimate of drug-likeness (QED) is 0.789. The summed E-state index contributed by atoms with van der Waals surface area (Å²) >= 11 is 0. The Hall–Kier alpha value is -1.02. The maximum Gasteiger partial charge on any atom is 0.122 e. The predicted octanol–water partition coefficient (Wildman–Crippen LogP) is 4.44. The minimum atomic E-state index is 0.289. The van der Waals surface area contributed by atoms with Crippen molar-refractivity contribution in [3.05, 3.63) is 29.3 Å². The van der Waals surface area contributed by atoms with Crippen molar-refractivity contribution in [2.45, 2.75) is 64.8 Å². The zero-order chi connectivity index (χ0) is 14.4. The van der Waals surface area contributed by atoms with E-state index in [4.69, 9.17) is 10.5 Å². The lowest BCUT2D eigenvalue weighted by molar-refractivity contribution is 0.407. The van der Waals surface area contributed by atoms with Gasteiger partial charge < -0.3 is 10.5 Å². The SMILES string of the molecule is CCC(CCC(C)N)c1ccc(OC)c(C(C)C)c1. The Morgan fingerprint density at radius 3 is 2.32 bits per heavy atom. The van der Waals surface area contributed by atoms with Gasteiger partial charge in [-0.25, -0.2) is 0 Å². The van der Waals surface area contributed by atoms with Crippen LogP contribution in [0.5, 0.6) is 5.75 Å². The molecule has 0 aromatic heterocycles. The zero-order valence-corrected chi connectivity index (χ0v) is 13.1. The van der Waals surface area contributed by atoms with E-state index in [1.807, 2.05) is 0 Å². The molecule has 0 amide bonds. The molecule has 1 aromatic rings. The van der Waals surface area contributed by atoms with Crippen LogP contribution >= 0.6 is 0 Å². The van der Waals surface area contributed by atoms with Crippen molar-refractivity contribution < 1.29 is 4.74 Å². The average molecular weight is 263 g/mol. The third kappa shape index (κ3) is 4.54. The summed E-state index contributed by atoms with van der Waals surface area (Å²) < 4.78 is 5.45. The Labute approximate surface area is 118 Å². The molecule has 0 aliphatic heterocycles. The number of nitrogens with two attached hydrogens (primary N) is 1. The van der Waals surface area contributed by atoms with E-state index in [-0.39, 0.29) is 6.04 Å². The average Bonchev–Trinajstić information content (AvgIpc) is 2.38. The van der Waals surface area contributed by atoms with Crippen LogP contribution in [0.2, 0.25) is 0 Å². The van der Waals surface area contributed by atoms with Gasteiger partial charge in [-0.15, -0.1) is 0 Å². The molecule has 2 N–H and O–H groups in total. The van der Waals surface area contributed by atoms with Crippen LogP contribution in [0.25, 0.3) is 0 Å². The third-order valence-electron chi connectivity index (χ3n) is 3.81. The molecule has 1 rings (SSSR count). The summed E-state index contributed by atoms with van der Waals surface area (Å²) in [5.74, 6) is 2.09. The van der Waals surface area contributed by atoms with Crippen LogP contribution in [-0.2, 0) is 0 Å². The van der Waals surface area contributed by atoms with Gasteiger partial charge in [0.05, 0.1) is 7.11 Å². The van der Waals surface area contributed by atoms with Crippen molar-refractivity contribution >= 4 is 0 Å². The summed E-state index contributed by atoms with van der Waals surface area (Å²) in [6.07, 6.45) is 3.41. The number of hydrogen-bond acceptors (Lipinski definition) is 2. The van der Waals surface area contributed by atoms with Crippen molar-refractivity contribution in [1.29, 1.82) is 0 Å². The largest absolute Gasteiger partial charge is 0.496 e. The highest BCUT2D eigenvalue weighted by atomic mass is 16.5. The van der Waals surface area contributed by atoms with E-state index in [0.29, 0.717) is 11.8 Å². The molecular weight excluding hydrogens is 234 g/mol. The second-order valence-corrected chi connectivity index (χ2v) is 5.82. The van der Waals surface area contributed by atoms with Crippen LogP contribution in [0.4, 0.5) is 0 Å². The summed E-state index contributed by atoms with van der Waals surface area (Å²) in [5.41, 5.74) is 8.61. The van der Waals surface area contributed by atoms with Gasteiger partial charge in [0.1, 0.15) is 5.75 Å². The molecule has 0 fully saturated rings. The molecule has 0 spiro atoms. The van der Waals surface area contributed by atoms with Gasteiger partial charge in [0, 0.05) is 6.04 Å². The summed E-state index contributed by atoms with van der Waals surface area (Å²) in [6.45, 7) is 8.76. The van der Waals surface area contributed by atoms with Crippen LogP contribution in [-0.4, -0.2) is 13.2 Å². The summed E-state index contributed by atoms with van der Waals surface area (Å²) in [4.78, 5) is 0. The Morgan fingerprint density at radius 2 is 1.84 bits per heavy atom. The van der Waals surface area contributed by atoms with E-state index < -0.39 is 0 Å². The van der Waals surface area contributed by atoms with Gasteiger partial charge >= 0.3 is 0 Å². The Bertz CT molecular complexity index is 385. The molecule has 1 aromatic carbocycles. The molecular formula is C17H29NO. The maximum absolute atomic E-state index is 5.88. The molecule has 0 aliphatic carbocycles. The van der Waals surface area contributed by atoms with Crippen molar-refractivity contribution in [2.24, 2.45) is 5.73 Å². The molecule has 2 unspecified atom stereocenters. The van der Waals surface area contributed by atoms with Gasteiger partial charge in [-0.1, -0.05) is 32.9 Å². The fourth-order valence-corrected chi connectivity index (χ4v) is 2.53. The second-order valence-electron chi connectivity index (χ2n) is 5.82. The van der Waals surface area contributed by atoms with Crippen molar-refractivity contribution in [1.82, 2.24) is 0 Å². The van der Waals surface area contributed by atoms with Gasteiger partial charge in [-0.05, 0) is 55.2 Å². The van der Waals surface area contributed by atoms with E-state index in [1.54, 1.807) is 7.11 Å². The lowest BCUT2D eigenvalue weighted by atomic mass is 9.88. The fraction of sp³-hybridized carbons (Fsp3) is 0.647. The van der Waals surface area contributed by atoms with E-state index in [0.717, 1.165) is 25.0 Å². The molecule has 2 atom stereocenters. The second kappa shape index (κ2) is 7.54. The van der Waals surface area contributed by atoms with E-state index in [2.05, 4.69) is 45.9 Å². The first-order valence-electron chi connectivity index (χ1n) is 7.42. The minimum Gasteiger partial charge on any atom is -0.496 e. The summed E-state index contributed by atoms with van der Waals surface area (Å²) in [6, 6.07) is 6.93. The number of hydrogen-bond donors (Lipinski definition) is 1. The molecule has 2 nitrogen and oxygen atoms in total. The van der Waals surface area contributed by atoms with Gasteiger partial charge in [0.15, 0.2) is 0 Å². The smallest absolute Gasteiger partial charge is 0.122 e. The maximum atomic E-state index is 5.88. The lowest BCUT2D eigenvalue weighted by Gasteiger charge is -2.20. The van der Waals surface area contributed by atoms with Gasteiger partial charge in [0.25, 0.3) is 0 Å². The highest BCUT2D eigenvalue weighted by molar-refractivity contribution is 5.40. The summed E-state index contributed by atoms with van der Waals surface area (Å²) in [7, 11) is 1.74. The minimum absolute atomic E-state index is 0.289. The van der Waals surface area contributed by atoms with E-state index >= 15 is 0 Å². The van der Waals surface area contributed by atoms with Crippen LogP contribution in [0, 0.1) is 0 Å². The molecule has 0 radical (unpaired) electrons. The molecule has 19 heavy (non-hydrogen) atoms. The monoisotopic (exact) mass is 263 g/mol. The van der Waals surface area contributed by atoms with Crippen molar-refractivity contribution in [3.8, 4) is 5.75 Å². The third-order valence-corrected chi connectivity index (χ3v) is 3.81. The number of methoxy groups -OCH3 is 1. The molecule has 2 heteroatoms. The normalized spacial score (nSPS) is 14.5. The Balaban J connectivity index is 2.95. The Morgan fingerprint density at radius 1 is 1.16 bits per heavy atom. The predicted molar refractivity (Wildman–Crippen MR) is 83.0 cm³/mol. The first-order valence-corrected chi connectivity index (χ1v) is 7.42. The molecule has 0 saturated heterocycles. The highest BCUT2D eigenvalue weighted by Crippen LogP contribution is 2.32. The molecule has 0 saturated carbocycles. The van der Waals surface area contributed by atoms with Gasteiger partial charge in [-0.3, -0.25) is 0 Å². The molecule has 0 bridgehead atoms. The first kappa shape index (κ1) is 16.0. The fourth-order valence-electron chi connectivity index (χ4n) is 2.53. The Kier molecular flexibility index (Phi) is 6.36. The number of benzene rings is 1. The molecule has 108 valence electrons. The first-order chi connectivity index (χ1) is 8.99. The number of rotatable bonds is 7. The summed E-state index contributed by atoms with van der Waals surface area (Å²) in [5, 5.41) is 0. The standard InChI is InChI=1S/C17H29NO/c1-6-14(8-7-13(4)18)15-9-10-17(19-5)16(11-15)12(2)3/h9-14H,6-8,18H2,1-5H3. The highest BCUT2D eigenvalue weighted by Gasteiger charge is 2.14. The van der Waals surface area contributed by atoms with Gasteiger partial charge in [0.2, 0.25) is 0 Å². The molecule has 0 aliphatic rings. The topological polar surface area (TPSA) is 35.2 Å². The van der Waals surface area contributed by atoms with Crippen LogP contribution in [0.15, 0.2) is 18.2 Å². The number of ether oxygens (including phenoxy) is 1. The lowest BCUT2D eigenvalue weighted by Crippen LogP contribution is -2.15. The van der Waals surface area contributed by atoms with Crippen LogP contribution in [0.1, 0.15) is 69.9 Å². The van der Waals surface area contributed by atoms with Crippen molar-refractivity contribution in [2.75, 3.05) is 7.11 Å².